The van der Waals surface area contributed by atoms with E-state index >= 15 is 0 Å². The number of carbonyl (C=O) groups excluding carboxylic acids is 5. The van der Waals surface area contributed by atoms with E-state index in [1.807, 2.05) is 40.7 Å². The smallest absolute Gasteiger partial charge is 0.526 e. The normalized spacial score (nSPS) is 19.0. The van der Waals surface area contributed by atoms with Gasteiger partial charge in [0.1, 0.15) is 23.5 Å². The Balaban J connectivity index is 0.000000300. The molecule has 0 saturated carbocycles. The molecule has 1 unspecified atom stereocenters. The van der Waals surface area contributed by atoms with Crippen LogP contribution in [0.15, 0.2) is 36.4 Å². The Morgan fingerprint density at radius 1 is 0.789 bits per heavy atom. The fraction of sp³-hybridized carbons (Fsp3) is 0.561. The second-order valence-corrected chi connectivity index (χ2v) is 14.2. The maximum Gasteiger partial charge on any atom is 0.526 e. The maximum absolute atomic E-state index is 12.5. The predicted molar refractivity (Wildman–Crippen MR) is 212 cm³/mol. The topological polar surface area (TPSA) is 190 Å². The van der Waals surface area contributed by atoms with E-state index in [0.717, 1.165) is 17.2 Å². The average Bonchev–Trinajstić information content (AvgIpc) is 3.53. The van der Waals surface area contributed by atoms with Gasteiger partial charge in [0, 0.05) is 18.7 Å². The highest BCUT2D eigenvalue weighted by Crippen LogP contribution is 2.49. The number of rotatable bonds is 16. The van der Waals surface area contributed by atoms with Crippen LogP contribution in [0.5, 0.6) is 11.5 Å². The number of esters is 4. The minimum Gasteiger partial charge on any atom is -0.667 e. The summed E-state index contributed by atoms with van der Waals surface area (Å²) in [6.45, 7) is 7.88. The van der Waals surface area contributed by atoms with E-state index in [9.17, 15) is 34.0 Å². The van der Waals surface area contributed by atoms with Gasteiger partial charge in [0.2, 0.25) is 13.6 Å². The van der Waals surface area contributed by atoms with Crippen molar-refractivity contribution in [2.24, 2.45) is 11.8 Å². The van der Waals surface area contributed by atoms with E-state index < -0.39 is 45.4 Å². The van der Waals surface area contributed by atoms with Gasteiger partial charge in [0.05, 0.1) is 29.6 Å². The minimum absolute atomic E-state index is 0. The lowest BCUT2D eigenvalue weighted by atomic mass is 9.60. The summed E-state index contributed by atoms with van der Waals surface area (Å²) in [6, 6.07) is 10.2. The minimum atomic E-state index is -2.51. The van der Waals surface area contributed by atoms with E-state index in [1.54, 1.807) is 31.2 Å². The van der Waals surface area contributed by atoms with Gasteiger partial charge in [-0.1, -0.05) is 66.3 Å². The molecule has 0 radical (unpaired) electrons. The summed E-state index contributed by atoms with van der Waals surface area (Å²) in [5, 5.41) is 21.0. The SMILES string of the molecule is C.CCC(=O)C[C@H]1Cc2cccc(C(=O)OCOC(=O)C(CC)CC)c2OB1O.CC[C+]1C[C@H]2Cc3cccc(C(=O)OCOC(=O)C(CC)CC)c3O[B-]2(O)O1. The summed E-state index contributed by atoms with van der Waals surface area (Å²) in [5.41, 5.74) is 1.87. The molecule has 2 aromatic rings. The van der Waals surface area contributed by atoms with Crippen molar-refractivity contribution in [3.63, 3.8) is 0 Å². The first kappa shape index (κ1) is 46.8. The molecular weight excluding hydrogens is 738 g/mol. The third-order valence-corrected chi connectivity index (χ3v) is 10.6. The molecule has 2 N–H and O–H groups in total. The molecule has 1 saturated heterocycles. The van der Waals surface area contributed by atoms with E-state index in [2.05, 4.69) is 0 Å². The van der Waals surface area contributed by atoms with Crippen LogP contribution in [-0.2, 0) is 50.8 Å². The summed E-state index contributed by atoms with van der Waals surface area (Å²) in [7, 11) is -1.18. The van der Waals surface area contributed by atoms with Crippen LogP contribution in [0, 0.1) is 17.9 Å². The van der Waals surface area contributed by atoms with Gasteiger partial charge in [0.15, 0.2) is 6.10 Å². The van der Waals surface area contributed by atoms with Gasteiger partial charge in [-0.25, -0.2) is 9.59 Å². The Morgan fingerprint density at radius 3 is 1.79 bits per heavy atom. The molecule has 16 heteroatoms. The van der Waals surface area contributed by atoms with Crippen molar-refractivity contribution in [3.8, 4) is 11.5 Å². The standard InChI is InChI=1S/2C20H27BO7.CH4/c1-4-13(5-2)19(22)25-12-26-20(23)17-9-7-8-14-10-15-11-16(6-3)27-21(15,24)28-18(14)17;1-4-13(5-2)19(23)26-12-27-20(24)17-9-7-8-14-10-15(11-16(22)6-3)21(25)28-18(14)17;/h7-9,13,15,24H,4-6,10-12H2,1-3H3;7-9,13,15,25H,4-6,10-12H2,1-3H3;1H4/t15-,21?;15-;/m11./s1. The van der Waals surface area contributed by atoms with Crippen LogP contribution in [0.3, 0.4) is 0 Å². The number of hydrogen-bond donors (Lipinski definition) is 2. The predicted octanol–water partition coefficient (Wildman–Crippen LogP) is 6.95. The molecule has 0 amide bonds. The summed E-state index contributed by atoms with van der Waals surface area (Å²) < 4.78 is 37.2. The van der Waals surface area contributed by atoms with Crippen LogP contribution in [0.1, 0.15) is 132 Å². The zero-order chi connectivity index (χ0) is 41.0. The highest BCUT2D eigenvalue weighted by molar-refractivity contribution is 6.63. The van der Waals surface area contributed by atoms with Crippen molar-refractivity contribution in [1.82, 2.24) is 0 Å². The highest BCUT2D eigenvalue weighted by Gasteiger charge is 2.56. The van der Waals surface area contributed by atoms with Gasteiger partial charge in [-0.15, -0.1) is 0 Å². The van der Waals surface area contributed by atoms with Crippen molar-refractivity contribution < 1.29 is 66.9 Å². The Bertz CT molecular complexity index is 1690. The molecule has 3 aliphatic heterocycles. The number of carbonyl (C=O) groups is 5. The molecule has 2 aromatic carbocycles. The van der Waals surface area contributed by atoms with Gasteiger partial charge >= 0.3 is 37.8 Å². The number of fused-ring (bicyclic) bond motifs is 3. The second-order valence-electron chi connectivity index (χ2n) is 14.2. The van der Waals surface area contributed by atoms with Gasteiger partial charge < -0.3 is 43.0 Å². The van der Waals surface area contributed by atoms with Crippen LogP contribution in [0.25, 0.3) is 0 Å². The molecular formula is C41H58B2O14. The molecule has 57 heavy (non-hydrogen) atoms. The molecule has 3 heterocycles. The molecule has 0 bridgehead atoms. The zero-order valence-electron chi connectivity index (χ0n) is 33.2. The maximum atomic E-state index is 12.5. The van der Waals surface area contributed by atoms with E-state index in [4.69, 9.17) is 32.9 Å². The molecule has 0 spiro atoms. The molecule has 1 fully saturated rings. The van der Waals surface area contributed by atoms with Crippen molar-refractivity contribution in [2.45, 2.75) is 125 Å². The summed E-state index contributed by atoms with van der Waals surface area (Å²) in [6.07, 6.45) is 6.40. The third-order valence-electron chi connectivity index (χ3n) is 10.6. The summed E-state index contributed by atoms with van der Waals surface area (Å²) in [5.74, 6) is -2.54. The lowest BCUT2D eigenvalue weighted by Gasteiger charge is -2.39. The first-order valence-electron chi connectivity index (χ1n) is 19.7. The van der Waals surface area contributed by atoms with E-state index in [0.29, 0.717) is 57.8 Å². The van der Waals surface area contributed by atoms with Crippen LogP contribution >= 0.6 is 0 Å². The number of ketones is 1. The molecule has 0 aromatic heterocycles. The van der Waals surface area contributed by atoms with Crippen molar-refractivity contribution in [3.05, 3.63) is 64.8 Å². The molecule has 3 aliphatic rings. The Hall–Kier alpha value is -4.53. The number of benzene rings is 2. The van der Waals surface area contributed by atoms with Crippen LogP contribution in [0.4, 0.5) is 0 Å². The van der Waals surface area contributed by atoms with Crippen molar-refractivity contribution >= 4 is 43.5 Å². The summed E-state index contributed by atoms with van der Waals surface area (Å²) in [4.78, 5) is 60.3. The monoisotopic (exact) mass is 796 g/mol. The Morgan fingerprint density at radius 2 is 1.30 bits per heavy atom. The first-order chi connectivity index (χ1) is 26.8. The lowest BCUT2D eigenvalue weighted by molar-refractivity contribution is -0.158. The molecule has 312 valence electrons. The summed E-state index contributed by atoms with van der Waals surface area (Å²) >= 11 is 0. The van der Waals surface area contributed by atoms with Gasteiger partial charge in [-0.05, 0) is 74.5 Å². The van der Waals surface area contributed by atoms with Gasteiger partial charge in [-0.2, -0.15) is 0 Å². The van der Waals surface area contributed by atoms with Gasteiger partial charge in [-0.3, -0.25) is 14.4 Å². The van der Waals surface area contributed by atoms with Crippen LogP contribution in [-0.4, -0.2) is 67.2 Å². The lowest BCUT2D eigenvalue weighted by Crippen LogP contribution is -2.49. The molecule has 0 aliphatic carbocycles. The fourth-order valence-corrected chi connectivity index (χ4v) is 7.06. The van der Waals surface area contributed by atoms with Crippen LogP contribution < -0.4 is 9.31 Å². The number of hydrogen-bond acceptors (Lipinski definition) is 14. The average molecular weight is 797 g/mol. The van der Waals surface area contributed by atoms with Crippen LogP contribution in [0.2, 0.25) is 11.6 Å². The number of Topliss-reactive ketones (excluding diaryl/α,β-unsaturated/α-hetero) is 1. The highest BCUT2D eigenvalue weighted by atomic mass is 16.7. The molecule has 14 nitrogen and oxygen atoms in total. The van der Waals surface area contributed by atoms with Crippen molar-refractivity contribution in [1.29, 1.82) is 0 Å². The molecule has 3 atom stereocenters. The van der Waals surface area contributed by atoms with Crippen molar-refractivity contribution in [2.75, 3.05) is 13.6 Å². The second kappa shape index (κ2) is 21.8. The van der Waals surface area contributed by atoms with E-state index in [1.165, 1.54) is 6.07 Å². The third kappa shape index (κ3) is 11.8. The fourth-order valence-electron chi connectivity index (χ4n) is 7.06. The quantitative estimate of drug-likeness (QED) is 0.0768. The zero-order valence-corrected chi connectivity index (χ0v) is 33.2. The number of ether oxygens (including phenoxy) is 4. The first-order valence-corrected chi connectivity index (χ1v) is 19.7. The van der Waals surface area contributed by atoms with Gasteiger partial charge in [0.25, 0.3) is 0 Å². The molecule has 5 rings (SSSR count). The Labute approximate surface area is 336 Å². The number of para-hydroxylation sites is 2. The Kier molecular flexibility index (Phi) is 18.0. The largest absolute Gasteiger partial charge is 0.667 e. The van der Waals surface area contributed by atoms with E-state index in [-0.39, 0.29) is 71.7 Å².